The molecule has 0 saturated heterocycles. The average Bonchev–Trinajstić information content (AvgIpc) is 3.43. The van der Waals surface area contributed by atoms with Gasteiger partial charge in [0.2, 0.25) is 16.9 Å². The summed E-state index contributed by atoms with van der Waals surface area (Å²) in [5.74, 6) is 8.50. The molecule has 1 atom stereocenters. The van der Waals surface area contributed by atoms with E-state index in [4.69, 9.17) is 15.1 Å². The molecular formula is C17H16N6O2S2. The van der Waals surface area contributed by atoms with Gasteiger partial charge in [0.15, 0.2) is 5.82 Å². The normalized spacial score (nSPS) is 12.2. The third-order valence-corrected chi connectivity index (χ3v) is 5.74. The fourth-order valence-electron chi connectivity index (χ4n) is 2.49. The van der Waals surface area contributed by atoms with Crippen molar-refractivity contribution in [2.45, 2.75) is 17.3 Å². The smallest absolute Gasteiger partial charge is 0.240 e. The summed E-state index contributed by atoms with van der Waals surface area (Å²) in [5.41, 5.74) is 0.771. The van der Waals surface area contributed by atoms with Gasteiger partial charge in [-0.1, -0.05) is 35.1 Å². The summed E-state index contributed by atoms with van der Waals surface area (Å²) in [4.78, 5) is 5.43. The Morgan fingerprint density at radius 1 is 1.22 bits per heavy atom. The summed E-state index contributed by atoms with van der Waals surface area (Å²) in [6, 6.07) is 11.4. The second kappa shape index (κ2) is 7.41. The number of thiophene rings is 1. The molecule has 3 aromatic heterocycles. The second-order valence-corrected chi connectivity index (χ2v) is 7.83. The first kappa shape index (κ1) is 17.6. The van der Waals surface area contributed by atoms with E-state index >= 15 is 0 Å². The van der Waals surface area contributed by atoms with E-state index in [0.717, 1.165) is 10.4 Å². The van der Waals surface area contributed by atoms with Crippen LogP contribution in [0.5, 0.6) is 5.75 Å². The summed E-state index contributed by atoms with van der Waals surface area (Å²) in [5, 5.41) is 14.8. The van der Waals surface area contributed by atoms with Crippen molar-refractivity contribution in [1.29, 1.82) is 0 Å². The highest BCUT2D eigenvalue weighted by atomic mass is 32.2. The van der Waals surface area contributed by atoms with Crippen molar-refractivity contribution in [3.63, 3.8) is 0 Å². The number of para-hydroxylation sites is 1. The Morgan fingerprint density at radius 3 is 2.85 bits per heavy atom. The molecule has 0 fully saturated rings. The Labute approximate surface area is 163 Å². The minimum Gasteiger partial charge on any atom is -0.496 e. The Morgan fingerprint density at radius 2 is 2.07 bits per heavy atom. The average molecular weight is 400 g/mol. The molecule has 10 heteroatoms. The van der Waals surface area contributed by atoms with Gasteiger partial charge in [-0.05, 0) is 30.5 Å². The van der Waals surface area contributed by atoms with Gasteiger partial charge in [0.05, 0.1) is 22.8 Å². The second-order valence-electron chi connectivity index (χ2n) is 5.57. The number of rotatable bonds is 6. The van der Waals surface area contributed by atoms with E-state index in [9.17, 15) is 0 Å². The van der Waals surface area contributed by atoms with E-state index < -0.39 is 0 Å². The first-order valence-corrected chi connectivity index (χ1v) is 9.81. The molecule has 27 heavy (non-hydrogen) atoms. The molecule has 1 aromatic carbocycles. The first-order chi connectivity index (χ1) is 13.2. The van der Waals surface area contributed by atoms with Crippen LogP contribution in [0.3, 0.4) is 0 Å². The van der Waals surface area contributed by atoms with Crippen LogP contribution in [0.1, 0.15) is 18.1 Å². The number of aromatic nitrogens is 5. The quantitative estimate of drug-likeness (QED) is 0.386. The lowest BCUT2D eigenvalue weighted by molar-refractivity contribution is 0.380. The maximum absolute atomic E-state index is 6.22. The van der Waals surface area contributed by atoms with Gasteiger partial charge in [-0.25, -0.2) is 4.68 Å². The Kier molecular flexibility index (Phi) is 4.82. The predicted molar refractivity (Wildman–Crippen MR) is 104 cm³/mol. The van der Waals surface area contributed by atoms with Crippen molar-refractivity contribution in [3.8, 4) is 27.8 Å². The molecule has 3 heterocycles. The van der Waals surface area contributed by atoms with E-state index in [0.29, 0.717) is 28.4 Å². The van der Waals surface area contributed by atoms with E-state index in [1.165, 1.54) is 16.4 Å². The van der Waals surface area contributed by atoms with Crippen molar-refractivity contribution >= 4 is 23.1 Å². The zero-order valence-corrected chi connectivity index (χ0v) is 16.2. The minimum absolute atomic E-state index is 0.136. The highest BCUT2D eigenvalue weighted by Gasteiger charge is 2.22. The standard InChI is InChI=1S/C17H16N6O2S2/c1-10(16-19-14(22-25-16)13-8-5-9-26-13)27-17-21-20-15(23(17)18)11-6-3-4-7-12(11)24-2/h3-10H,18H2,1-2H3. The van der Waals surface area contributed by atoms with Crippen LogP contribution in [-0.2, 0) is 0 Å². The number of hydrogen-bond acceptors (Lipinski definition) is 9. The molecule has 0 aliphatic rings. The lowest BCUT2D eigenvalue weighted by Gasteiger charge is -2.08. The number of nitrogens with zero attached hydrogens (tertiary/aromatic N) is 5. The molecule has 0 radical (unpaired) electrons. The molecule has 0 spiro atoms. The van der Waals surface area contributed by atoms with Crippen LogP contribution in [0.25, 0.3) is 22.1 Å². The minimum atomic E-state index is -0.136. The zero-order chi connectivity index (χ0) is 18.8. The molecule has 0 aliphatic carbocycles. The van der Waals surface area contributed by atoms with Crippen LogP contribution in [-0.4, -0.2) is 32.1 Å². The predicted octanol–water partition coefficient (Wildman–Crippen LogP) is 3.63. The van der Waals surface area contributed by atoms with E-state index in [1.807, 2.05) is 48.7 Å². The fraction of sp³-hybridized carbons (Fsp3) is 0.176. The number of hydrogen-bond donors (Lipinski definition) is 1. The maximum Gasteiger partial charge on any atom is 0.240 e. The van der Waals surface area contributed by atoms with Crippen molar-refractivity contribution in [1.82, 2.24) is 25.0 Å². The van der Waals surface area contributed by atoms with Crippen molar-refractivity contribution in [2.24, 2.45) is 0 Å². The summed E-state index contributed by atoms with van der Waals surface area (Å²) in [7, 11) is 1.61. The molecule has 0 amide bonds. The van der Waals surface area contributed by atoms with Gasteiger partial charge in [-0.3, -0.25) is 0 Å². The van der Waals surface area contributed by atoms with Crippen molar-refractivity contribution in [3.05, 3.63) is 47.7 Å². The van der Waals surface area contributed by atoms with E-state index in [1.54, 1.807) is 18.4 Å². The number of benzene rings is 1. The summed E-state index contributed by atoms with van der Waals surface area (Å²) in [6.07, 6.45) is 0. The third-order valence-electron chi connectivity index (χ3n) is 3.83. The Bertz CT molecular complexity index is 1040. The lowest BCUT2D eigenvalue weighted by atomic mass is 10.2. The lowest BCUT2D eigenvalue weighted by Crippen LogP contribution is -2.12. The molecule has 0 saturated carbocycles. The van der Waals surface area contributed by atoms with Crippen LogP contribution in [0.4, 0.5) is 0 Å². The molecule has 138 valence electrons. The van der Waals surface area contributed by atoms with Gasteiger partial charge in [-0.2, -0.15) is 4.98 Å². The van der Waals surface area contributed by atoms with Crippen LogP contribution in [0, 0.1) is 0 Å². The number of ether oxygens (including phenoxy) is 1. The summed E-state index contributed by atoms with van der Waals surface area (Å²) >= 11 is 2.96. The third kappa shape index (κ3) is 3.40. The molecule has 4 aromatic rings. The van der Waals surface area contributed by atoms with Crippen LogP contribution >= 0.6 is 23.1 Å². The SMILES string of the molecule is COc1ccccc1-c1nnc(SC(C)c2nc(-c3cccs3)no2)n1N. The van der Waals surface area contributed by atoms with E-state index in [-0.39, 0.29) is 5.25 Å². The van der Waals surface area contributed by atoms with Gasteiger partial charge >= 0.3 is 0 Å². The van der Waals surface area contributed by atoms with Crippen LogP contribution in [0.2, 0.25) is 0 Å². The van der Waals surface area contributed by atoms with Gasteiger partial charge < -0.3 is 15.1 Å². The molecule has 0 aliphatic heterocycles. The van der Waals surface area contributed by atoms with Crippen molar-refractivity contribution in [2.75, 3.05) is 13.0 Å². The fourth-order valence-corrected chi connectivity index (χ4v) is 3.94. The first-order valence-electron chi connectivity index (χ1n) is 8.05. The number of thioether (sulfide) groups is 1. The number of methoxy groups -OCH3 is 1. The Hall–Kier alpha value is -2.85. The highest BCUT2D eigenvalue weighted by molar-refractivity contribution is 7.99. The molecule has 2 N–H and O–H groups in total. The summed E-state index contributed by atoms with van der Waals surface area (Å²) < 4.78 is 12.2. The Balaban J connectivity index is 1.56. The van der Waals surface area contributed by atoms with Gasteiger partial charge in [0, 0.05) is 0 Å². The zero-order valence-electron chi connectivity index (χ0n) is 14.6. The van der Waals surface area contributed by atoms with Crippen molar-refractivity contribution < 1.29 is 9.26 Å². The molecule has 4 rings (SSSR count). The van der Waals surface area contributed by atoms with Gasteiger partial charge in [-0.15, -0.1) is 21.5 Å². The maximum atomic E-state index is 6.22. The topological polar surface area (TPSA) is 105 Å². The monoisotopic (exact) mass is 400 g/mol. The van der Waals surface area contributed by atoms with Crippen LogP contribution in [0.15, 0.2) is 51.5 Å². The summed E-state index contributed by atoms with van der Waals surface area (Å²) in [6.45, 7) is 1.95. The van der Waals surface area contributed by atoms with Gasteiger partial charge in [0.25, 0.3) is 0 Å². The largest absolute Gasteiger partial charge is 0.496 e. The molecular weight excluding hydrogens is 384 g/mol. The van der Waals surface area contributed by atoms with E-state index in [2.05, 4.69) is 20.3 Å². The number of nitrogen functional groups attached to an aromatic ring is 1. The van der Waals surface area contributed by atoms with Crippen LogP contribution < -0.4 is 10.6 Å². The van der Waals surface area contributed by atoms with Gasteiger partial charge in [0.1, 0.15) is 5.75 Å². The number of nitrogens with two attached hydrogens (primary N) is 1. The molecule has 8 nitrogen and oxygen atoms in total. The highest BCUT2D eigenvalue weighted by Crippen LogP contribution is 2.36. The molecule has 0 bridgehead atoms. The molecule has 1 unspecified atom stereocenters.